The summed E-state index contributed by atoms with van der Waals surface area (Å²) in [6.45, 7) is 0. The number of sulfonamides is 1. The van der Waals surface area contributed by atoms with Gasteiger partial charge in [0.1, 0.15) is 5.75 Å². The van der Waals surface area contributed by atoms with Crippen molar-refractivity contribution >= 4 is 54.8 Å². The molecule has 0 aliphatic carbocycles. The van der Waals surface area contributed by atoms with E-state index in [1.165, 1.54) is 7.11 Å². The molecule has 4 N–H and O–H groups in total. The molecule has 0 bridgehead atoms. The number of methoxy groups -OCH3 is 1. The van der Waals surface area contributed by atoms with Crippen LogP contribution in [0.2, 0.25) is 0 Å². The van der Waals surface area contributed by atoms with Gasteiger partial charge in [-0.1, -0.05) is 36.4 Å². The summed E-state index contributed by atoms with van der Waals surface area (Å²) in [5, 5.41) is 5.26. The zero-order valence-corrected chi connectivity index (χ0v) is 19.1. The summed E-state index contributed by atoms with van der Waals surface area (Å²) in [7, 11) is -1.89. The van der Waals surface area contributed by atoms with Gasteiger partial charge in [0.15, 0.2) is 0 Å². The van der Waals surface area contributed by atoms with E-state index in [0.29, 0.717) is 23.5 Å². The number of amides is 1. The summed E-state index contributed by atoms with van der Waals surface area (Å²) >= 11 is 0. The van der Waals surface area contributed by atoms with Crippen LogP contribution in [0.1, 0.15) is 12.0 Å². The SMILES string of the molecule is COc1cc(NS(C)(=O)=O)ccc1Nc1c2ccccc2nc2c(CCC(N)=O)cccc12. The van der Waals surface area contributed by atoms with Gasteiger partial charge < -0.3 is 15.8 Å². The van der Waals surface area contributed by atoms with Crippen molar-refractivity contribution in [2.45, 2.75) is 12.8 Å². The number of primary amides is 1. The average Bonchev–Trinajstić information content (AvgIpc) is 2.77. The first-order valence-corrected chi connectivity index (χ1v) is 12.2. The highest BCUT2D eigenvalue weighted by Gasteiger charge is 2.15. The molecule has 0 radical (unpaired) electrons. The molecule has 33 heavy (non-hydrogen) atoms. The van der Waals surface area contributed by atoms with Gasteiger partial charge in [0.2, 0.25) is 15.9 Å². The van der Waals surface area contributed by atoms with Gasteiger partial charge in [-0.3, -0.25) is 9.52 Å². The molecule has 0 saturated carbocycles. The number of ether oxygens (including phenoxy) is 1. The van der Waals surface area contributed by atoms with Crippen LogP contribution in [0.3, 0.4) is 0 Å². The maximum absolute atomic E-state index is 11.6. The van der Waals surface area contributed by atoms with E-state index in [9.17, 15) is 13.2 Å². The number of anilines is 3. The number of pyridine rings is 1. The number of para-hydroxylation sites is 2. The number of benzene rings is 3. The molecule has 9 heteroatoms. The lowest BCUT2D eigenvalue weighted by molar-refractivity contribution is -0.117. The maximum atomic E-state index is 11.6. The molecule has 0 aliphatic heterocycles. The van der Waals surface area contributed by atoms with Crippen LogP contribution in [0.25, 0.3) is 21.8 Å². The fourth-order valence-electron chi connectivity index (χ4n) is 3.77. The normalized spacial score (nSPS) is 11.5. The number of carbonyl (C=O) groups excluding carboxylic acids is 1. The predicted molar refractivity (Wildman–Crippen MR) is 132 cm³/mol. The van der Waals surface area contributed by atoms with E-state index in [1.807, 2.05) is 42.5 Å². The van der Waals surface area contributed by atoms with Crippen LogP contribution >= 0.6 is 0 Å². The second kappa shape index (κ2) is 8.95. The Labute approximate surface area is 191 Å². The number of fused-ring (bicyclic) bond motifs is 2. The Morgan fingerprint density at radius 2 is 1.82 bits per heavy atom. The third kappa shape index (κ3) is 4.98. The lowest BCUT2D eigenvalue weighted by Gasteiger charge is -2.17. The molecule has 8 nitrogen and oxygen atoms in total. The van der Waals surface area contributed by atoms with Crippen molar-refractivity contribution in [2.24, 2.45) is 5.73 Å². The number of nitrogens with two attached hydrogens (primary N) is 1. The minimum atomic E-state index is -3.42. The second-order valence-electron chi connectivity index (χ2n) is 7.70. The first-order valence-electron chi connectivity index (χ1n) is 10.3. The number of carbonyl (C=O) groups is 1. The largest absolute Gasteiger partial charge is 0.494 e. The zero-order chi connectivity index (χ0) is 23.6. The highest BCUT2D eigenvalue weighted by Crippen LogP contribution is 2.38. The third-order valence-corrected chi connectivity index (χ3v) is 5.81. The fraction of sp³-hybridized carbons (Fsp3) is 0.167. The topological polar surface area (TPSA) is 123 Å². The Morgan fingerprint density at radius 3 is 2.55 bits per heavy atom. The molecule has 4 aromatic rings. The molecule has 1 amide bonds. The summed E-state index contributed by atoms with van der Waals surface area (Å²) in [6, 6.07) is 18.6. The van der Waals surface area contributed by atoms with Crippen LogP contribution in [0, 0.1) is 0 Å². The Morgan fingerprint density at radius 1 is 1.06 bits per heavy atom. The van der Waals surface area contributed by atoms with Crippen LogP contribution in [0.4, 0.5) is 17.1 Å². The highest BCUT2D eigenvalue weighted by atomic mass is 32.2. The van der Waals surface area contributed by atoms with E-state index < -0.39 is 10.0 Å². The molecular formula is C24H24N4O4S. The summed E-state index contributed by atoms with van der Waals surface area (Å²) < 4.78 is 31.2. The molecule has 0 saturated heterocycles. The monoisotopic (exact) mass is 464 g/mol. The van der Waals surface area contributed by atoms with Crippen LogP contribution in [0.5, 0.6) is 5.75 Å². The molecule has 170 valence electrons. The molecule has 0 atom stereocenters. The van der Waals surface area contributed by atoms with Crippen LogP contribution in [-0.2, 0) is 21.2 Å². The van der Waals surface area contributed by atoms with E-state index in [2.05, 4.69) is 10.0 Å². The van der Waals surface area contributed by atoms with E-state index in [1.54, 1.807) is 18.2 Å². The molecule has 0 unspecified atom stereocenters. The number of nitrogens with zero attached hydrogens (tertiary/aromatic N) is 1. The van der Waals surface area contributed by atoms with Gasteiger partial charge in [0.05, 0.1) is 41.5 Å². The number of aromatic nitrogens is 1. The van der Waals surface area contributed by atoms with Gasteiger partial charge >= 0.3 is 0 Å². The van der Waals surface area contributed by atoms with Gasteiger partial charge in [-0.15, -0.1) is 0 Å². The van der Waals surface area contributed by atoms with Gasteiger partial charge in [-0.25, -0.2) is 13.4 Å². The van der Waals surface area contributed by atoms with Crippen molar-refractivity contribution in [1.29, 1.82) is 0 Å². The number of hydrogen-bond acceptors (Lipinski definition) is 6. The minimum Gasteiger partial charge on any atom is -0.494 e. The Hall–Kier alpha value is -3.85. The van der Waals surface area contributed by atoms with Gasteiger partial charge in [-0.05, 0) is 30.2 Å². The maximum Gasteiger partial charge on any atom is 0.229 e. The molecule has 1 heterocycles. The first-order chi connectivity index (χ1) is 15.7. The standard InChI is InChI=1S/C24H24N4O4S/c1-32-21-14-16(28-33(2,30)31)11-12-20(21)27-24-17-7-3-4-9-19(17)26-23-15(10-13-22(25)29)6-5-8-18(23)24/h3-9,11-12,14,28H,10,13H2,1-2H3,(H2,25,29)(H,26,27). The highest BCUT2D eigenvalue weighted by molar-refractivity contribution is 7.92. The molecule has 1 aromatic heterocycles. The third-order valence-electron chi connectivity index (χ3n) is 5.20. The Bertz CT molecular complexity index is 1470. The first kappa shape index (κ1) is 22.3. The molecule has 0 spiro atoms. The van der Waals surface area contributed by atoms with E-state index in [4.69, 9.17) is 15.5 Å². The Balaban J connectivity index is 1.86. The molecule has 0 aliphatic rings. The summed E-state index contributed by atoms with van der Waals surface area (Å²) in [6.07, 6.45) is 1.82. The number of nitrogens with one attached hydrogen (secondary N) is 2. The van der Waals surface area contributed by atoms with Crippen molar-refractivity contribution in [3.63, 3.8) is 0 Å². The van der Waals surface area contributed by atoms with E-state index in [-0.39, 0.29) is 12.3 Å². The molecule has 4 rings (SSSR count). The number of rotatable bonds is 8. The molecular weight excluding hydrogens is 440 g/mol. The van der Waals surface area contributed by atoms with Crippen LogP contribution in [0.15, 0.2) is 60.7 Å². The van der Waals surface area contributed by atoms with Crippen molar-refractivity contribution < 1.29 is 17.9 Å². The summed E-state index contributed by atoms with van der Waals surface area (Å²) in [4.78, 5) is 16.2. The van der Waals surface area contributed by atoms with Gasteiger partial charge in [0.25, 0.3) is 0 Å². The zero-order valence-electron chi connectivity index (χ0n) is 18.3. The number of hydrogen-bond donors (Lipinski definition) is 3. The van der Waals surface area contributed by atoms with E-state index >= 15 is 0 Å². The molecule has 3 aromatic carbocycles. The van der Waals surface area contributed by atoms with Crippen molar-refractivity contribution in [1.82, 2.24) is 4.98 Å². The van der Waals surface area contributed by atoms with Crippen molar-refractivity contribution in [2.75, 3.05) is 23.4 Å². The van der Waals surface area contributed by atoms with Gasteiger partial charge in [-0.2, -0.15) is 0 Å². The lowest BCUT2D eigenvalue weighted by Crippen LogP contribution is -2.11. The van der Waals surface area contributed by atoms with E-state index in [0.717, 1.165) is 39.3 Å². The number of aryl methyl sites for hydroxylation is 1. The average molecular weight is 465 g/mol. The van der Waals surface area contributed by atoms with Gasteiger partial charge in [0, 0.05) is 23.3 Å². The fourth-order valence-corrected chi connectivity index (χ4v) is 4.33. The quantitative estimate of drug-likeness (QED) is 0.340. The van der Waals surface area contributed by atoms with Crippen LogP contribution in [-0.4, -0.2) is 32.7 Å². The minimum absolute atomic E-state index is 0.235. The van der Waals surface area contributed by atoms with Crippen LogP contribution < -0.4 is 20.5 Å². The molecule has 0 fully saturated rings. The summed E-state index contributed by atoms with van der Waals surface area (Å²) in [5.41, 5.74) is 9.77. The summed E-state index contributed by atoms with van der Waals surface area (Å²) in [5.74, 6) is 0.112. The second-order valence-corrected chi connectivity index (χ2v) is 9.45. The Kier molecular flexibility index (Phi) is 6.06. The van der Waals surface area contributed by atoms with Crippen molar-refractivity contribution in [3.8, 4) is 5.75 Å². The lowest BCUT2D eigenvalue weighted by atomic mass is 10.0. The smallest absolute Gasteiger partial charge is 0.229 e. The predicted octanol–water partition coefficient (Wildman–Crippen LogP) is 3.93. The van der Waals surface area contributed by atoms with Crippen molar-refractivity contribution in [3.05, 3.63) is 66.2 Å².